The van der Waals surface area contributed by atoms with Gasteiger partial charge in [-0.2, -0.15) is 0 Å². The molecule has 3 aromatic heterocycles. The zero-order valence-corrected chi connectivity index (χ0v) is 19.1. The van der Waals surface area contributed by atoms with Gasteiger partial charge in [-0.15, -0.1) is 10.2 Å². The first kappa shape index (κ1) is 21.0. The number of thioether (sulfide) groups is 1. The molecule has 0 fully saturated rings. The second-order valence-corrected chi connectivity index (χ2v) is 8.70. The van der Waals surface area contributed by atoms with Crippen molar-refractivity contribution in [3.8, 4) is 11.4 Å². The molecule has 0 unspecified atom stereocenters. The van der Waals surface area contributed by atoms with Crippen LogP contribution in [0.2, 0.25) is 5.02 Å². The van der Waals surface area contributed by atoms with E-state index < -0.39 is 0 Å². The lowest BCUT2D eigenvalue weighted by Crippen LogP contribution is -2.15. The van der Waals surface area contributed by atoms with Gasteiger partial charge < -0.3 is 4.74 Å². The standard InChI is InChI=1S/C20H17BrClN5O2S/c1-29-9-8-26-19(13-2-5-15(22)6-3-13)24-25-20(26)30-12-16-10-18(28)27-11-14(21)4-7-17(27)23-16/h2-7,10-11H,8-9,12H2,1H3. The van der Waals surface area contributed by atoms with Crippen molar-refractivity contribution in [3.05, 3.63) is 74.2 Å². The third-order valence-electron chi connectivity index (χ3n) is 4.36. The molecule has 0 aliphatic heterocycles. The molecule has 0 radical (unpaired) electrons. The molecule has 0 N–H and O–H groups in total. The zero-order valence-electron chi connectivity index (χ0n) is 16.0. The van der Waals surface area contributed by atoms with Crippen LogP contribution in [0, 0.1) is 0 Å². The van der Waals surface area contributed by atoms with Crippen molar-refractivity contribution in [1.82, 2.24) is 24.1 Å². The van der Waals surface area contributed by atoms with Crippen molar-refractivity contribution >= 4 is 44.9 Å². The summed E-state index contributed by atoms with van der Waals surface area (Å²) in [5.41, 5.74) is 2.08. The summed E-state index contributed by atoms with van der Waals surface area (Å²) in [5, 5.41) is 10.1. The Balaban J connectivity index is 1.61. The van der Waals surface area contributed by atoms with Crippen LogP contribution in [0.15, 0.2) is 63.1 Å². The molecular formula is C20H17BrClN5O2S. The highest BCUT2D eigenvalue weighted by Crippen LogP contribution is 2.27. The first-order valence-corrected chi connectivity index (χ1v) is 11.2. The maximum Gasteiger partial charge on any atom is 0.258 e. The van der Waals surface area contributed by atoms with Crippen LogP contribution < -0.4 is 5.56 Å². The van der Waals surface area contributed by atoms with Crippen LogP contribution in [0.1, 0.15) is 5.69 Å². The maximum atomic E-state index is 12.4. The maximum absolute atomic E-state index is 12.4. The summed E-state index contributed by atoms with van der Waals surface area (Å²) in [6.07, 6.45) is 1.71. The van der Waals surface area contributed by atoms with E-state index >= 15 is 0 Å². The van der Waals surface area contributed by atoms with Crippen molar-refractivity contribution in [2.45, 2.75) is 17.5 Å². The van der Waals surface area contributed by atoms with Crippen molar-refractivity contribution in [2.24, 2.45) is 0 Å². The minimum Gasteiger partial charge on any atom is -0.383 e. The average Bonchev–Trinajstić information content (AvgIpc) is 3.14. The Morgan fingerprint density at radius 1 is 1.17 bits per heavy atom. The molecule has 154 valence electrons. The highest BCUT2D eigenvalue weighted by atomic mass is 79.9. The van der Waals surface area contributed by atoms with E-state index in [9.17, 15) is 4.79 Å². The lowest BCUT2D eigenvalue weighted by atomic mass is 10.2. The van der Waals surface area contributed by atoms with Crippen LogP contribution in [0.5, 0.6) is 0 Å². The highest BCUT2D eigenvalue weighted by Gasteiger charge is 2.15. The molecule has 0 saturated heterocycles. The molecule has 10 heteroatoms. The Morgan fingerprint density at radius 2 is 1.97 bits per heavy atom. The second-order valence-electron chi connectivity index (χ2n) is 6.41. The van der Waals surface area contributed by atoms with Crippen molar-refractivity contribution in [3.63, 3.8) is 0 Å². The van der Waals surface area contributed by atoms with Gasteiger partial charge in [0.25, 0.3) is 5.56 Å². The first-order valence-electron chi connectivity index (χ1n) is 9.04. The third-order valence-corrected chi connectivity index (χ3v) is 6.09. The first-order chi connectivity index (χ1) is 14.5. The van der Waals surface area contributed by atoms with Gasteiger partial charge in [0, 0.05) is 40.2 Å². The van der Waals surface area contributed by atoms with E-state index in [4.69, 9.17) is 16.3 Å². The summed E-state index contributed by atoms with van der Waals surface area (Å²) >= 11 is 10.9. The number of ether oxygens (including phenoxy) is 1. The zero-order chi connectivity index (χ0) is 21.1. The Morgan fingerprint density at radius 3 is 2.73 bits per heavy atom. The minimum atomic E-state index is -0.125. The van der Waals surface area contributed by atoms with Crippen molar-refractivity contribution < 1.29 is 4.74 Å². The predicted molar refractivity (Wildman–Crippen MR) is 121 cm³/mol. The van der Waals surface area contributed by atoms with Crippen LogP contribution >= 0.6 is 39.3 Å². The van der Waals surface area contributed by atoms with E-state index in [0.717, 1.165) is 21.0 Å². The molecule has 0 aliphatic carbocycles. The van der Waals surface area contributed by atoms with Gasteiger partial charge in [0.15, 0.2) is 11.0 Å². The molecule has 4 aromatic rings. The number of halogens is 2. The van der Waals surface area contributed by atoms with Gasteiger partial charge in [0.2, 0.25) is 0 Å². The van der Waals surface area contributed by atoms with Crippen LogP contribution in [0.25, 0.3) is 17.0 Å². The molecule has 1 aromatic carbocycles. The Bertz CT molecular complexity index is 1240. The Hall–Kier alpha value is -2.20. The van der Waals surface area contributed by atoms with Gasteiger partial charge in [-0.05, 0) is 52.3 Å². The number of nitrogens with zero attached hydrogens (tertiary/aromatic N) is 5. The van der Waals surface area contributed by atoms with Crippen LogP contribution in [-0.4, -0.2) is 37.9 Å². The van der Waals surface area contributed by atoms with E-state index in [-0.39, 0.29) is 5.56 Å². The number of pyridine rings is 1. The summed E-state index contributed by atoms with van der Waals surface area (Å²) in [6.45, 7) is 1.13. The van der Waals surface area contributed by atoms with Gasteiger partial charge in [-0.1, -0.05) is 23.4 Å². The van der Waals surface area contributed by atoms with E-state index in [0.29, 0.717) is 35.3 Å². The molecule has 4 rings (SSSR count). The number of fused-ring (bicyclic) bond motifs is 1. The number of aromatic nitrogens is 5. The molecule has 0 amide bonds. The summed E-state index contributed by atoms with van der Waals surface area (Å²) in [7, 11) is 1.66. The number of benzene rings is 1. The normalized spacial score (nSPS) is 11.3. The fourth-order valence-corrected chi connectivity index (χ4v) is 4.25. The third kappa shape index (κ3) is 4.59. The lowest BCUT2D eigenvalue weighted by Gasteiger charge is -2.10. The van der Waals surface area contributed by atoms with Gasteiger partial charge in [0.1, 0.15) is 5.65 Å². The van der Waals surface area contributed by atoms with E-state index in [2.05, 4.69) is 31.1 Å². The number of hydrogen-bond acceptors (Lipinski definition) is 6. The average molecular weight is 507 g/mol. The number of hydrogen-bond donors (Lipinski definition) is 0. The summed E-state index contributed by atoms with van der Waals surface area (Å²) < 4.78 is 9.59. The smallest absolute Gasteiger partial charge is 0.258 e. The molecule has 30 heavy (non-hydrogen) atoms. The molecule has 0 spiro atoms. The Labute approximate surface area is 190 Å². The topological polar surface area (TPSA) is 74.3 Å². The highest BCUT2D eigenvalue weighted by molar-refractivity contribution is 9.10. The SMILES string of the molecule is COCCn1c(SCc2cc(=O)n3cc(Br)ccc3n2)nnc1-c1ccc(Cl)cc1. The van der Waals surface area contributed by atoms with Crippen LogP contribution in [0.3, 0.4) is 0 Å². The van der Waals surface area contributed by atoms with Crippen molar-refractivity contribution in [2.75, 3.05) is 13.7 Å². The molecule has 0 aliphatic rings. The summed E-state index contributed by atoms with van der Waals surface area (Å²) in [5.74, 6) is 1.23. The van der Waals surface area contributed by atoms with E-state index in [1.54, 1.807) is 25.4 Å². The fourth-order valence-electron chi connectivity index (χ4n) is 2.93. The largest absolute Gasteiger partial charge is 0.383 e. The fraction of sp³-hybridized carbons (Fsp3) is 0.200. The van der Waals surface area contributed by atoms with Gasteiger partial charge in [0.05, 0.1) is 18.8 Å². The Kier molecular flexibility index (Phi) is 6.52. The van der Waals surface area contributed by atoms with E-state index in [1.165, 1.54) is 16.2 Å². The number of methoxy groups -OCH3 is 1. The van der Waals surface area contributed by atoms with Crippen LogP contribution in [-0.2, 0) is 17.0 Å². The minimum absolute atomic E-state index is 0.125. The lowest BCUT2D eigenvalue weighted by molar-refractivity contribution is 0.185. The van der Waals surface area contributed by atoms with Gasteiger partial charge >= 0.3 is 0 Å². The van der Waals surface area contributed by atoms with Crippen molar-refractivity contribution in [1.29, 1.82) is 0 Å². The predicted octanol–water partition coefficient (Wildman–Crippen LogP) is 4.31. The van der Waals surface area contributed by atoms with E-state index in [1.807, 2.05) is 34.9 Å². The quantitative estimate of drug-likeness (QED) is 0.348. The molecule has 0 bridgehead atoms. The molecule has 0 atom stereocenters. The second kappa shape index (κ2) is 9.30. The summed E-state index contributed by atoms with van der Waals surface area (Å²) in [6, 6.07) is 12.7. The van der Waals surface area contributed by atoms with Gasteiger partial charge in [-0.3, -0.25) is 13.8 Å². The monoisotopic (exact) mass is 505 g/mol. The van der Waals surface area contributed by atoms with Crippen LogP contribution in [0.4, 0.5) is 0 Å². The summed E-state index contributed by atoms with van der Waals surface area (Å²) in [4.78, 5) is 17.0. The molecule has 7 nitrogen and oxygen atoms in total. The number of rotatable bonds is 7. The molecule has 0 saturated carbocycles. The molecular weight excluding hydrogens is 490 g/mol. The van der Waals surface area contributed by atoms with Gasteiger partial charge in [-0.25, -0.2) is 4.98 Å². The molecule has 3 heterocycles.